The lowest BCUT2D eigenvalue weighted by atomic mass is 10.2. The fourth-order valence-corrected chi connectivity index (χ4v) is 3.71. The molecule has 0 unspecified atom stereocenters. The number of nitrogens with zero attached hydrogens (tertiary/aromatic N) is 3. The van der Waals surface area contributed by atoms with Crippen molar-refractivity contribution in [2.24, 2.45) is 0 Å². The van der Waals surface area contributed by atoms with Crippen LogP contribution in [0.1, 0.15) is 18.7 Å². The quantitative estimate of drug-likeness (QED) is 0.491. The molecule has 0 spiro atoms. The smallest absolute Gasteiger partial charge is 0.247 e. The molecule has 2 aromatic carbocycles. The minimum absolute atomic E-state index is 0.111. The summed E-state index contributed by atoms with van der Waals surface area (Å²) in [6.07, 6.45) is 1.83. The monoisotopic (exact) mass is 435 g/mol. The van der Waals surface area contributed by atoms with E-state index in [9.17, 15) is 13.6 Å². The van der Waals surface area contributed by atoms with E-state index in [4.69, 9.17) is 16.0 Å². The highest BCUT2D eigenvalue weighted by atomic mass is 35.5. The van der Waals surface area contributed by atoms with Crippen LogP contribution in [0, 0.1) is 11.6 Å². The molecule has 0 aliphatic heterocycles. The van der Waals surface area contributed by atoms with Crippen LogP contribution in [0.2, 0.25) is 5.02 Å². The standard InChI is InChI=1S/C20H16ClF2N3O2S/c21-13-3-1-12(2-4-13)20-25-24-18(28-20)10-26(14-5-6-14)19(27)11-29-15-7-8-16(22)17(23)9-15/h1-4,7-9,14H,5-6,10-11H2. The minimum atomic E-state index is -0.929. The maximum absolute atomic E-state index is 13.3. The van der Waals surface area contributed by atoms with E-state index in [1.165, 1.54) is 6.07 Å². The summed E-state index contributed by atoms with van der Waals surface area (Å²) >= 11 is 7.05. The molecule has 0 atom stereocenters. The van der Waals surface area contributed by atoms with E-state index in [-0.39, 0.29) is 24.2 Å². The van der Waals surface area contributed by atoms with Gasteiger partial charge in [-0.15, -0.1) is 22.0 Å². The van der Waals surface area contributed by atoms with Gasteiger partial charge in [0.15, 0.2) is 11.6 Å². The van der Waals surface area contributed by atoms with E-state index in [0.29, 0.717) is 21.7 Å². The van der Waals surface area contributed by atoms with Crippen molar-refractivity contribution < 1.29 is 18.0 Å². The summed E-state index contributed by atoms with van der Waals surface area (Å²) in [5.74, 6) is -1.15. The van der Waals surface area contributed by atoms with Crippen LogP contribution in [-0.4, -0.2) is 32.8 Å². The fraction of sp³-hybridized carbons (Fsp3) is 0.250. The Morgan fingerprint density at radius 2 is 1.90 bits per heavy atom. The minimum Gasteiger partial charge on any atom is -0.419 e. The summed E-state index contributed by atoms with van der Waals surface area (Å²) in [5, 5.41) is 8.69. The lowest BCUT2D eigenvalue weighted by Gasteiger charge is -2.20. The summed E-state index contributed by atoms with van der Waals surface area (Å²) in [4.78, 5) is 14.9. The van der Waals surface area contributed by atoms with Crippen molar-refractivity contribution in [2.45, 2.75) is 30.3 Å². The first-order chi connectivity index (χ1) is 14.0. The first kappa shape index (κ1) is 19.8. The number of hydrogen-bond acceptors (Lipinski definition) is 5. The molecular formula is C20H16ClF2N3O2S. The van der Waals surface area contributed by atoms with E-state index in [1.807, 2.05) is 0 Å². The van der Waals surface area contributed by atoms with Crippen molar-refractivity contribution in [1.29, 1.82) is 0 Å². The molecule has 29 heavy (non-hydrogen) atoms. The van der Waals surface area contributed by atoms with Crippen molar-refractivity contribution in [1.82, 2.24) is 15.1 Å². The summed E-state index contributed by atoms with van der Waals surface area (Å²) < 4.78 is 32.1. The summed E-state index contributed by atoms with van der Waals surface area (Å²) in [7, 11) is 0. The lowest BCUT2D eigenvalue weighted by molar-refractivity contribution is -0.129. The van der Waals surface area contributed by atoms with E-state index < -0.39 is 11.6 Å². The fourth-order valence-electron chi connectivity index (χ4n) is 2.77. The molecule has 5 nitrogen and oxygen atoms in total. The maximum Gasteiger partial charge on any atom is 0.247 e. The van der Waals surface area contributed by atoms with E-state index in [1.54, 1.807) is 29.2 Å². The van der Waals surface area contributed by atoms with Gasteiger partial charge in [-0.1, -0.05) is 11.6 Å². The van der Waals surface area contributed by atoms with Gasteiger partial charge in [0.05, 0.1) is 12.3 Å². The van der Waals surface area contributed by atoms with E-state index in [0.717, 1.165) is 42.3 Å². The molecule has 150 valence electrons. The van der Waals surface area contributed by atoms with Crippen LogP contribution >= 0.6 is 23.4 Å². The molecule has 9 heteroatoms. The molecule has 0 bridgehead atoms. The third kappa shape index (κ3) is 4.94. The van der Waals surface area contributed by atoms with Gasteiger partial charge in [-0.25, -0.2) is 8.78 Å². The first-order valence-electron chi connectivity index (χ1n) is 8.95. The predicted molar refractivity (Wildman–Crippen MR) is 105 cm³/mol. The zero-order valence-electron chi connectivity index (χ0n) is 15.1. The molecule has 0 N–H and O–H groups in total. The Hall–Kier alpha value is -2.45. The summed E-state index contributed by atoms with van der Waals surface area (Å²) in [6, 6.07) is 10.8. The number of thioether (sulfide) groups is 1. The zero-order chi connectivity index (χ0) is 20.4. The first-order valence-corrected chi connectivity index (χ1v) is 10.3. The number of halogens is 3. The topological polar surface area (TPSA) is 59.2 Å². The van der Waals surface area contributed by atoms with Crippen molar-refractivity contribution in [3.05, 3.63) is 65.0 Å². The number of carbonyl (C=O) groups is 1. The normalized spacial score (nSPS) is 13.5. The molecule has 0 saturated heterocycles. The third-order valence-electron chi connectivity index (χ3n) is 4.42. The van der Waals surface area contributed by atoms with Gasteiger partial charge in [0.25, 0.3) is 0 Å². The zero-order valence-corrected chi connectivity index (χ0v) is 16.7. The van der Waals surface area contributed by atoms with Crippen LogP contribution in [0.5, 0.6) is 0 Å². The number of rotatable bonds is 7. The van der Waals surface area contributed by atoms with E-state index >= 15 is 0 Å². The van der Waals surface area contributed by atoms with Crippen LogP contribution < -0.4 is 0 Å². The van der Waals surface area contributed by atoms with Gasteiger partial charge in [0.1, 0.15) is 0 Å². The molecule has 1 aromatic heterocycles. The molecule has 1 aliphatic rings. The van der Waals surface area contributed by atoms with Crippen LogP contribution in [0.3, 0.4) is 0 Å². The Balaban J connectivity index is 1.41. The molecule has 0 radical (unpaired) electrons. The number of amides is 1. The SMILES string of the molecule is O=C(CSc1ccc(F)c(F)c1)N(Cc1nnc(-c2ccc(Cl)cc2)o1)C1CC1. The highest BCUT2D eigenvalue weighted by molar-refractivity contribution is 8.00. The molecular weight excluding hydrogens is 420 g/mol. The highest BCUT2D eigenvalue weighted by Gasteiger charge is 2.33. The largest absolute Gasteiger partial charge is 0.419 e. The lowest BCUT2D eigenvalue weighted by Crippen LogP contribution is -2.34. The number of aromatic nitrogens is 2. The third-order valence-corrected chi connectivity index (χ3v) is 5.66. The molecule has 1 aliphatic carbocycles. The molecule has 3 aromatic rings. The van der Waals surface area contributed by atoms with Crippen LogP contribution in [0.25, 0.3) is 11.5 Å². The number of hydrogen-bond donors (Lipinski definition) is 0. The average Bonchev–Trinajstić information content (AvgIpc) is 3.45. The van der Waals surface area contributed by atoms with Gasteiger partial charge >= 0.3 is 0 Å². The van der Waals surface area contributed by atoms with Crippen LogP contribution in [0.15, 0.2) is 51.8 Å². The van der Waals surface area contributed by atoms with Gasteiger partial charge in [0.2, 0.25) is 17.7 Å². The highest BCUT2D eigenvalue weighted by Crippen LogP contribution is 2.30. The number of carbonyl (C=O) groups excluding carboxylic acids is 1. The van der Waals surface area contributed by atoms with Crippen LogP contribution in [-0.2, 0) is 11.3 Å². The Morgan fingerprint density at radius 3 is 2.59 bits per heavy atom. The van der Waals surface area contributed by atoms with Crippen molar-refractivity contribution in [2.75, 3.05) is 5.75 Å². The van der Waals surface area contributed by atoms with Crippen molar-refractivity contribution in [3.8, 4) is 11.5 Å². The number of benzene rings is 2. The Kier molecular flexibility index (Phi) is 5.82. The van der Waals surface area contributed by atoms with Gasteiger partial charge in [-0.2, -0.15) is 0 Å². The molecule has 1 saturated carbocycles. The van der Waals surface area contributed by atoms with Gasteiger partial charge in [0, 0.05) is 21.5 Å². The van der Waals surface area contributed by atoms with E-state index in [2.05, 4.69) is 10.2 Å². The van der Waals surface area contributed by atoms with Crippen LogP contribution in [0.4, 0.5) is 8.78 Å². The second kappa shape index (κ2) is 8.51. The predicted octanol–water partition coefficient (Wildman–Crippen LogP) is 4.95. The second-order valence-corrected chi connectivity index (χ2v) is 8.11. The summed E-state index contributed by atoms with van der Waals surface area (Å²) in [5.41, 5.74) is 0.742. The van der Waals surface area contributed by atoms with Gasteiger partial charge in [-0.3, -0.25) is 4.79 Å². The Labute approximate surface area is 175 Å². The Bertz CT molecular complexity index is 1020. The molecule has 1 amide bonds. The van der Waals surface area contributed by atoms with Gasteiger partial charge < -0.3 is 9.32 Å². The maximum atomic E-state index is 13.3. The average molecular weight is 436 g/mol. The molecule has 4 rings (SSSR count). The van der Waals surface area contributed by atoms with Crippen molar-refractivity contribution in [3.63, 3.8) is 0 Å². The van der Waals surface area contributed by atoms with Gasteiger partial charge in [-0.05, 0) is 55.3 Å². The molecule has 1 heterocycles. The van der Waals surface area contributed by atoms with Crippen molar-refractivity contribution >= 4 is 29.3 Å². The second-order valence-electron chi connectivity index (χ2n) is 6.63. The Morgan fingerprint density at radius 1 is 1.14 bits per heavy atom. The molecule has 1 fully saturated rings. The summed E-state index contributed by atoms with van der Waals surface area (Å²) in [6.45, 7) is 0.211.